The first-order chi connectivity index (χ1) is 9.45. The molecular weight excluding hydrogens is 321 g/mol. The van der Waals surface area contributed by atoms with Crippen molar-refractivity contribution in [2.24, 2.45) is 5.73 Å². The molecule has 20 heavy (non-hydrogen) atoms. The van der Waals surface area contributed by atoms with Crippen LogP contribution in [0.25, 0.3) is 0 Å². The Morgan fingerprint density at radius 2 is 2.00 bits per heavy atom. The summed E-state index contributed by atoms with van der Waals surface area (Å²) in [7, 11) is 0. The second-order valence-corrected chi connectivity index (χ2v) is 5.86. The number of hydrogen-bond acceptors (Lipinski definition) is 2. The lowest BCUT2D eigenvalue weighted by molar-refractivity contribution is 0.471. The Balaban J connectivity index is 2.31. The second kappa shape index (κ2) is 6.37. The van der Waals surface area contributed by atoms with Gasteiger partial charge in [-0.15, -0.1) is 0 Å². The van der Waals surface area contributed by atoms with Crippen molar-refractivity contribution in [3.63, 3.8) is 0 Å². The number of aryl methyl sites for hydroxylation is 1. The van der Waals surface area contributed by atoms with E-state index in [-0.39, 0.29) is 11.9 Å². The van der Waals surface area contributed by atoms with Crippen LogP contribution >= 0.6 is 15.9 Å². The van der Waals surface area contributed by atoms with Gasteiger partial charge in [-0.3, -0.25) is 0 Å². The van der Waals surface area contributed by atoms with E-state index in [9.17, 15) is 4.39 Å². The average Bonchev–Trinajstić information content (AvgIpc) is 2.37. The van der Waals surface area contributed by atoms with Gasteiger partial charge in [0.05, 0.1) is 0 Å². The van der Waals surface area contributed by atoms with Gasteiger partial charge < -0.3 is 10.5 Å². The van der Waals surface area contributed by atoms with Gasteiger partial charge in [0.15, 0.2) is 0 Å². The highest BCUT2D eigenvalue weighted by Gasteiger charge is 2.09. The van der Waals surface area contributed by atoms with E-state index in [0.717, 1.165) is 22.2 Å². The highest BCUT2D eigenvalue weighted by molar-refractivity contribution is 9.10. The van der Waals surface area contributed by atoms with Crippen LogP contribution in [0, 0.1) is 12.7 Å². The summed E-state index contributed by atoms with van der Waals surface area (Å²) in [5, 5.41) is 0. The standard InChI is InChI=1S/C16H17BrFNO/c1-10-7-14(5-6-15(10)18)20-16-9-13(17)4-3-12(16)8-11(2)19/h3-7,9,11H,8,19H2,1-2H3. The fraction of sp³-hybridized carbons (Fsp3) is 0.250. The van der Waals surface area contributed by atoms with E-state index < -0.39 is 0 Å². The molecule has 0 radical (unpaired) electrons. The Morgan fingerprint density at radius 1 is 1.25 bits per heavy atom. The Labute approximate surface area is 126 Å². The number of hydrogen-bond donors (Lipinski definition) is 1. The zero-order valence-corrected chi connectivity index (χ0v) is 13.1. The summed E-state index contributed by atoms with van der Waals surface area (Å²) in [6.07, 6.45) is 0.725. The van der Waals surface area contributed by atoms with Gasteiger partial charge in [-0.25, -0.2) is 4.39 Å². The molecular formula is C16H17BrFNO. The molecule has 0 saturated carbocycles. The van der Waals surface area contributed by atoms with Crippen molar-refractivity contribution in [3.8, 4) is 11.5 Å². The molecule has 0 amide bonds. The lowest BCUT2D eigenvalue weighted by Crippen LogP contribution is -2.18. The van der Waals surface area contributed by atoms with Gasteiger partial charge in [0.1, 0.15) is 17.3 Å². The maximum absolute atomic E-state index is 13.3. The molecule has 0 aliphatic carbocycles. The van der Waals surface area contributed by atoms with Crippen molar-refractivity contribution in [2.45, 2.75) is 26.3 Å². The van der Waals surface area contributed by atoms with Crippen LogP contribution in [0.3, 0.4) is 0 Å². The first kappa shape index (κ1) is 15.0. The van der Waals surface area contributed by atoms with Crippen molar-refractivity contribution in [3.05, 3.63) is 57.8 Å². The highest BCUT2D eigenvalue weighted by atomic mass is 79.9. The molecule has 2 nitrogen and oxygen atoms in total. The first-order valence-corrected chi connectivity index (χ1v) is 7.23. The van der Waals surface area contributed by atoms with E-state index in [4.69, 9.17) is 10.5 Å². The van der Waals surface area contributed by atoms with Crippen LogP contribution in [0.15, 0.2) is 40.9 Å². The monoisotopic (exact) mass is 337 g/mol. The molecule has 0 bridgehead atoms. The minimum absolute atomic E-state index is 0.0495. The smallest absolute Gasteiger partial charge is 0.131 e. The molecule has 4 heteroatoms. The third-order valence-electron chi connectivity index (χ3n) is 2.93. The molecule has 0 spiro atoms. The largest absolute Gasteiger partial charge is 0.457 e. The van der Waals surface area contributed by atoms with Crippen LogP contribution in [0.4, 0.5) is 4.39 Å². The number of halogens is 2. The molecule has 0 saturated heterocycles. The minimum Gasteiger partial charge on any atom is -0.457 e. The predicted octanol–water partition coefficient (Wildman–Crippen LogP) is 4.58. The van der Waals surface area contributed by atoms with E-state index in [1.54, 1.807) is 19.1 Å². The number of ether oxygens (including phenoxy) is 1. The minimum atomic E-state index is -0.234. The van der Waals surface area contributed by atoms with Crippen LogP contribution in [-0.2, 0) is 6.42 Å². The number of nitrogens with two attached hydrogens (primary N) is 1. The topological polar surface area (TPSA) is 35.2 Å². The van der Waals surface area contributed by atoms with E-state index in [1.807, 2.05) is 25.1 Å². The number of rotatable bonds is 4. The van der Waals surface area contributed by atoms with Gasteiger partial charge in [-0.1, -0.05) is 22.0 Å². The van der Waals surface area contributed by atoms with Gasteiger partial charge in [0, 0.05) is 10.5 Å². The molecule has 0 fully saturated rings. The van der Waals surface area contributed by atoms with Crippen LogP contribution in [0.5, 0.6) is 11.5 Å². The molecule has 1 unspecified atom stereocenters. The van der Waals surface area contributed by atoms with E-state index >= 15 is 0 Å². The molecule has 0 aliphatic heterocycles. The summed E-state index contributed by atoms with van der Waals surface area (Å²) < 4.78 is 20.1. The molecule has 2 N–H and O–H groups in total. The summed E-state index contributed by atoms with van der Waals surface area (Å²) in [6.45, 7) is 3.67. The molecule has 1 atom stereocenters. The first-order valence-electron chi connectivity index (χ1n) is 6.43. The third-order valence-corrected chi connectivity index (χ3v) is 3.42. The summed E-state index contributed by atoms with van der Waals surface area (Å²) in [5.74, 6) is 1.12. The van der Waals surface area contributed by atoms with Crippen LogP contribution in [0.2, 0.25) is 0 Å². The molecule has 2 aromatic carbocycles. The van der Waals surface area contributed by atoms with Crippen molar-refractivity contribution in [1.29, 1.82) is 0 Å². The second-order valence-electron chi connectivity index (χ2n) is 4.95. The van der Waals surface area contributed by atoms with Crippen molar-refractivity contribution in [2.75, 3.05) is 0 Å². The van der Waals surface area contributed by atoms with Crippen LogP contribution in [0.1, 0.15) is 18.1 Å². The van der Waals surface area contributed by atoms with Crippen molar-refractivity contribution >= 4 is 15.9 Å². The highest BCUT2D eigenvalue weighted by Crippen LogP contribution is 2.30. The zero-order valence-electron chi connectivity index (χ0n) is 11.5. The lowest BCUT2D eigenvalue weighted by Gasteiger charge is -2.14. The third kappa shape index (κ3) is 3.81. The molecule has 0 aliphatic rings. The van der Waals surface area contributed by atoms with Crippen LogP contribution in [-0.4, -0.2) is 6.04 Å². The van der Waals surface area contributed by atoms with E-state index in [2.05, 4.69) is 15.9 Å². The molecule has 0 heterocycles. The average molecular weight is 338 g/mol. The maximum atomic E-state index is 13.3. The van der Waals surface area contributed by atoms with Gasteiger partial charge in [-0.2, -0.15) is 0 Å². The van der Waals surface area contributed by atoms with Gasteiger partial charge in [0.2, 0.25) is 0 Å². The SMILES string of the molecule is Cc1cc(Oc2cc(Br)ccc2CC(C)N)ccc1F. The molecule has 2 aromatic rings. The van der Waals surface area contributed by atoms with Crippen molar-refractivity contribution < 1.29 is 9.13 Å². The quantitative estimate of drug-likeness (QED) is 0.886. The van der Waals surface area contributed by atoms with Gasteiger partial charge in [-0.05, 0) is 61.7 Å². The lowest BCUT2D eigenvalue weighted by atomic mass is 10.1. The Morgan fingerprint density at radius 3 is 2.65 bits per heavy atom. The molecule has 106 valence electrons. The molecule has 2 rings (SSSR count). The van der Waals surface area contributed by atoms with E-state index in [0.29, 0.717) is 11.3 Å². The summed E-state index contributed by atoms with van der Waals surface area (Å²) in [4.78, 5) is 0. The van der Waals surface area contributed by atoms with Crippen LogP contribution < -0.4 is 10.5 Å². The fourth-order valence-electron chi connectivity index (χ4n) is 1.95. The summed E-state index contributed by atoms with van der Waals surface area (Å²) >= 11 is 3.43. The Hall–Kier alpha value is -1.39. The van der Waals surface area contributed by atoms with Gasteiger partial charge in [0.25, 0.3) is 0 Å². The summed E-state index contributed by atoms with van der Waals surface area (Å²) in [6, 6.07) is 10.6. The maximum Gasteiger partial charge on any atom is 0.131 e. The van der Waals surface area contributed by atoms with Gasteiger partial charge >= 0.3 is 0 Å². The normalized spacial score (nSPS) is 12.2. The summed E-state index contributed by atoms with van der Waals surface area (Å²) in [5.41, 5.74) is 7.45. The Bertz CT molecular complexity index is 613. The predicted molar refractivity (Wildman–Crippen MR) is 82.7 cm³/mol. The van der Waals surface area contributed by atoms with Crippen molar-refractivity contribution in [1.82, 2.24) is 0 Å². The number of benzene rings is 2. The Kier molecular flexibility index (Phi) is 4.78. The fourth-order valence-corrected chi connectivity index (χ4v) is 2.29. The zero-order chi connectivity index (χ0) is 14.7. The van der Waals surface area contributed by atoms with E-state index in [1.165, 1.54) is 6.07 Å². The molecule has 0 aromatic heterocycles.